The van der Waals surface area contributed by atoms with E-state index < -0.39 is 0 Å². The third-order valence-electron chi connectivity index (χ3n) is 6.82. The number of nitrogens with one attached hydrogen (secondary N) is 3. The zero-order chi connectivity index (χ0) is 25.5. The molecular formula is C24H25ClN10O2. The number of nitrogens with zero attached hydrogens (tertiary/aromatic N) is 7. The van der Waals surface area contributed by atoms with Crippen LogP contribution in [0.4, 0.5) is 23.1 Å². The number of hydrogen-bond donors (Lipinski definition) is 3. The standard InChI is InChI=1S/C24H25ClN10O2/c1-36-20-10-34(9-18(20)29-15-11-37-12-15)19-5-13(6-26)4-17(21(19)25)31-24-32-22(30-14-2-3-14)23-28-8-16(7-27)35(23)33-24/h4-5,8,14-15,18,20,29H,2-3,9-12H2,1H3,(H2,30,31,32,33). The molecule has 12 nitrogen and oxygen atoms in total. The van der Waals surface area contributed by atoms with Crippen molar-refractivity contribution in [2.24, 2.45) is 0 Å². The van der Waals surface area contributed by atoms with Crippen molar-refractivity contribution in [2.75, 3.05) is 48.9 Å². The number of halogens is 1. The van der Waals surface area contributed by atoms with Crippen molar-refractivity contribution in [3.05, 3.63) is 34.6 Å². The molecule has 190 valence electrons. The van der Waals surface area contributed by atoms with Crippen LogP contribution in [0.3, 0.4) is 0 Å². The highest BCUT2D eigenvalue weighted by molar-refractivity contribution is 6.36. The highest BCUT2D eigenvalue weighted by Crippen LogP contribution is 2.38. The molecule has 1 aromatic carbocycles. The fourth-order valence-corrected chi connectivity index (χ4v) is 4.92. The summed E-state index contributed by atoms with van der Waals surface area (Å²) in [7, 11) is 1.70. The average Bonchev–Trinajstić information content (AvgIpc) is 3.44. The lowest BCUT2D eigenvalue weighted by atomic mass is 10.1. The zero-order valence-corrected chi connectivity index (χ0v) is 20.9. The summed E-state index contributed by atoms with van der Waals surface area (Å²) in [5, 5.41) is 34.3. The molecule has 2 unspecified atom stereocenters. The Hall–Kier alpha value is -3.68. The molecule has 3 aromatic rings. The first-order chi connectivity index (χ1) is 18.1. The minimum absolute atomic E-state index is 0.0359. The maximum Gasteiger partial charge on any atom is 0.247 e. The summed E-state index contributed by atoms with van der Waals surface area (Å²) < 4.78 is 12.5. The number of methoxy groups -OCH3 is 1. The Bertz CT molecular complexity index is 1420. The highest BCUT2D eigenvalue weighted by Gasteiger charge is 2.37. The van der Waals surface area contributed by atoms with Crippen molar-refractivity contribution in [1.29, 1.82) is 10.5 Å². The van der Waals surface area contributed by atoms with Crippen molar-refractivity contribution < 1.29 is 9.47 Å². The molecule has 2 saturated heterocycles. The minimum Gasteiger partial charge on any atom is -0.378 e. The average molecular weight is 521 g/mol. The zero-order valence-electron chi connectivity index (χ0n) is 20.1. The quantitative estimate of drug-likeness (QED) is 0.400. The van der Waals surface area contributed by atoms with Gasteiger partial charge in [0.25, 0.3) is 0 Å². The molecule has 1 aliphatic carbocycles. The third-order valence-corrected chi connectivity index (χ3v) is 7.22. The van der Waals surface area contributed by atoms with E-state index in [1.807, 2.05) is 0 Å². The van der Waals surface area contributed by atoms with E-state index in [1.165, 1.54) is 10.7 Å². The van der Waals surface area contributed by atoms with Crippen LogP contribution in [0, 0.1) is 22.7 Å². The minimum atomic E-state index is -0.0359. The number of benzene rings is 1. The van der Waals surface area contributed by atoms with Gasteiger partial charge in [-0.1, -0.05) is 11.6 Å². The molecule has 2 aliphatic heterocycles. The van der Waals surface area contributed by atoms with Gasteiger partial charge in [0.1, 0.15) is 6.07 Å². The number of anilines is 4. The molecule has 6 rings (SSSR count). The summed E-state index contributed by atoms with van der Waals surface area (Å²) in [5.41, 5.74) is 2.41. The van der Waals surface area contributed by atoms with Crippen LogP contribution in [0.15, 0.2) is 18.3 Å². The maximum atomic E-state index is 9.75. The van der Waals surface area contributed by atoms with E-state index in [4.69, 9.17) is 21.1 Å². The number of rotatable bonds is 8. The van der Waals surface area contributed by atoms with Crippen molar-refractivity contribution in [3.8, 4) is 12.1 Å². The molecule has 13 heteroatoms. The second-order valence-electron chi connectivity index (χ2n) is 9.47. The van der Waals surface area contributed by atoms with Gasteiger partial charge in [0, 0.05) is 26.2 Å². The van der Waals surface area contributed by atoms with Crippen LogP contribution in [0.1, 0.15) is 24.1 Å². The topological polar surface area (TPSA) is 148 Å². The number of imidazole rings is 1. The third kappa shape index (κ3) is 4.61. The van der Waals surface area contributed by atoms with Crippen molar-refractivity contribution >= 4 is 40.4 Å². The molecule has 3 aliphatic rings. The first kappa shape index (κ1) is 23.7. The van der Waals surface area contributed by atoms with Gasteiger partial charge in [0.05, 0.1) is 65.6 Å². The van der Waals surface area contributed by atoms with Crippen molar-refractivity contribution in [2.45, 2.75) is 37.1 Å². The molecule has 1 saturated carbocycles. The predicted octanol–water partition coefficient (Wildman–Crippen LogP) is 2.03. The lowest BCUT2D eigenvalue weighted by molar-refractivity contribution is -0.0183. The van der Waals surface area contributed by atoms with E-state index in [0.717, 1.165) is 18.5 Å². The second-order valence-corrected chi connectivity index (χ2v) is 9.85. The maximum absolute atomic E-state index is 9.75. The lowest BCUT2D eigenvalue weighted by Crippen LogP contribution is -2.54. The first-order valence-electron chi connectivity index (χ1n) is 12.1. The van der Waals surface area contributed by atoms with E-state index in [2.05, 4.69) is 48.1 Å². The molecule has 3 N–H and O–H groups in total. The molecule has 0 amide bonds. The largest absolute Gasteiger partial charge is 0.378 e. The summed E-state index contributed by atoms with van der Waals surface area (Å²) in [4.78, 5) is 11.0. The van der Waals surface area contributed by atoms with Gasteiger partial charge in [0.15, 0.2) is 17.2 Å². The Balaban J connectivity index is 1.32. The number of nitriles is 2. The Morgan fingerprint density at radius 3 is 2.68 bits per heavy atom. The highest BCUT2D eigenvalue weighted by atomic mass is 35.5. The van der Waals surface area contributed by atoms with Gasteiger partial charge < -0.3 is 30.3 Å². The molecule has 2 atom stereocenters. The summed E-state index contributed by atoms with van der Waals surface area (Å²) in [5.74, 6) is 0.763. The van der Waals surface area contributed by atoms with Crippen molar-refractivity contribution in [1.82, 2.24) is 24.9 Å². The molecule has 2 aromatic heterocycles. The molecule has 4 heterocycles. The molecule has 37 heavy (non-hydrogen) atoms. The summed E-state index contributed by atoms with van der Waals surface area (Å²) in [6.07, 6.45) is 3.52. The molecular weight excluding hydrogens is 496 g/mol. The fourth-order valence-electron chi connectivity index (χ4n) is 4.65. The Morgan fingerprint density at radius 2 is 2.00 bits per heavy atom. The number of aromatic nitrogens is 4. The summed E-state index contributed by atoms with van der Waals surface area (Å²) in [6, 6.07) is 8.50. The first-order valence-corrected chi connectivity index (χ1v) is 12.5. The van der Waals surface area contributed by atoms with Crippen molar-refractivity contribution in [3.63, 3.8) is 0 Å². The van der Waals surface area contributed by atoms with E-state index in [9.17, 15) is 10.5 Å². The van der Waals surface area contributed by atoms with Gasteiger partial charge in [-0.25, -0.2) is 4.98 Å². The normalized spacial score (nSPS) is 21.5. The Kier molecular flexibility index (Phi) is 6.18. The Morgan fingerprint density at radius 1 is 1.16 bits per heavy atom. The van der Waals surface area contributed by atoms with Crippen LogP contribution in [-0.2, 0) is 9.47 Å². The van der Waals surface area contributed by atoms with Crippen LogP contribution in [0.25, 0.3) is 5.65 Å². The smallest absolute Gasteiger partial charge is 0.247 e. The van der Waals surface area contributed by atoms with Crippen LogP contribution in [0.2, 0.25) is 5.02 Å². The van der Waals surface area contributed by atoms with Crippen LogP contribution in [-0.4, -0.2) is 77.2 Å². The van der Waals surface area contributed by atoms with Crippen LogP contribution < -0.4 is 20.9 Å². The van der Waals surface area contributed by atoms with E-state index in [1.54, 1.807) is 19.2 Å². The van der Waals surface area contributed by atoms with Gasteiger partial charge in [-0.15, -0.1) is 5.10 Å². The van der Waals surface area contributed by atoms with Gasteiger partial charge in [-0.3, -0.25) is 0 Å². The predicted molar refractivity (Wildman–Crippen MR) is 136 cm³/mol. The van der Waals surface area contributed by atoms with E-state index in [-0.39, 0.29) is 23.8 Å². The van der Waals surface area contributed by atoms with Gasteiger partial charge >= 0.3 is 0 Å². The lowest BCUT2D eigenvalue weighted by Gasteiger charge is -2.31. The monoisotopic (exact) mass is 520 g/mol. The van der Waals surface area contributed by atoms with Gasteiger partial charge in [-0.05, 0) is 25.0 Å². The molecule has 0 spiro atoms. The fraction of sp³-hybridized carbons (Fsp3) is 0.458. The Labute approximate surface area is 218 Å². The van der Waals surface area contributed by atoms with E-state index >= 15 is 0 Å². The number of fused-ring (bicyclic) bond motifs is 1. The van der Waals surface area contributed by atoms with Gasteiger partial charge in [-0.2, -0.15) is 20.0 Å². The number of hydrogen-bond acceptors (Lipinski definition) is 11. The number of ether oxygens (including phenoxy) is 2. The van der Waals surface area contributed by atoms with Crippen LogP contribution >= 0.6 is 11.6 Å². The molecule has 0 bridgehead atoms. The SMILES string of the molecule is COC1CN(c2cc(C#N)cc(Nc3nc(NC4CC4)c4ncc(C#N)n4n3)c2Cl)CC1NC1COC1. The van der Waals surface area contributed by atoms with E-state index in [0.29, 0.717) is 66.1 Å². The summed E-state index contributed by atoms with van der Waals surface area (Å²) >= 11 is 6.90. The molecule has 3 fully saturated rings. The summed E-state index contributed by atoms with van der Waals surface area (Å²) in [6.45, 7) is 2.67. The second kappa shape index (κ2) is 9.65. The van der Waals surface area contributed by atoms with Gasteiger partial charge in [0.2, 0.25) is 5.95 Å². The van der Waals surface area contributed by atoms with Crippen LogP contribution in [0.5, 0.6) is 0 Å². The molecule has 0 radical (unpaired) electrons.